The van der Waals surface area contributed by atoms with Crippen LogP contribution in [-0.4, -0.2) is 22.9 Å². The second-order valence-corrected chi connectivity index (χ2v) is 18.2. The van der Waals surface area contributed by atoms with Gasteiger partial charge in [-0.3, -0.25) is 4.57 Å². The van der Waals surface area contributed by atoms with E-state index >= 15 is 0 Å². The molecule has 1 atom stereocenters. The number of aromatic nitrogens is 3. The van der Waals surface area contributed by atoms with Crippen molar-refractivity contribution in [3.05, 3.63) is 168 Å². The highest BCUT2D eigenvalue weighted by Crippen LogP contribution is 2.52. The molecular formula is C46H34N3O2SSi. The molecule has 1 aliphatic rings. The van der Waals surface area contributed by atoms with Gasteiger partial charge in [0.1, 0.15) is 14.6 Å². The maximum Gasteiger partial charge on any atom is 0.299 e. The molecule has 0 saturated heterocycles. The van der Waals surface area contributed by atoms with Crippen molar-refractivity contribution in [2.24, 2.45) is 7.05 Å². The number of hydrogen-bond acceptors (Lipinski definition) is 4. The lowest BCUT2D eigenvalue weighted by Gasteiger charge is -2.39. The Kier molecular flexibility index (Phi) is 6.55. The van der Waals surface area contributed by atoms with Gasteiger partial charge in [0, 0.05) is 67.6 Å². The number of hydrogen-bond donors (Lipinski definition) is 0. The molecule has 0 aliphatic heterocycles. The molecule has 255 valence electrons. The zero-order valence-corrected chi connectivity index (χ0v) is 31.3. The molecule has 5 aromatic carbocycles. The predicted molar refractivity (Wildman–Crippen MR) is 219 cm³/mol. The lowest BCUT2D eigenvalue weighted by Crippen LogP contribution is -2.50. The first kappa shape index (κ1) is 30.7. The highest BCUT2D eigenvalue weighted by molar-refractivity contribution is 7.17. The van der Waals surface area contributed by atoms with E-state index in [0.717, 1.165) is 39.3 Å². The SMILES string of the molecule is Cn1cnc(-c2csc3cc4c5ccccc5n(-c5cc6c7c(oc6o5)C(C)(C)c5ccccc5C7[Si](c5ccccc5)c5ccccc5)c4cc23)c1. The molecule has 0 saturated carbocycles. The molecule has 5 heterocycles. The van der Waals surface area contributed by atoms with E-state index in [1.165, 1.54) is 47.9 Å². The summed E-state index contributed by atoms with van der Waals surface area (Å²) >= 11 is 1.77. The van der Waals surface area contributed by atoms with Crippen LogP contribution < -0.4 is 10.4 Å². The van der Waals surface area contributed by atoms with Crippen LogP contribution in [0.1, 0.15) is 41.8 Å². The Bertz CT molecular complexity index is 2980. The van der Waals surface area contributed by atoms with E-state index in [-0.39, 0.29) is 11.0 Å². The Labute approximate surface area is 312 Å². The average molecular weight is 721 g/mol. The smallest absolute Gasteiger partial charge is 0.299 e. The van der Waals surface area contributed by atoms with Crippen molar-refractivity contribution >= 4 is 73.6 Å². The molecule has 5 nitrogen and oxygen atoms in total. The number of fused-ring (bicyclic) bond motifs is 8. The van der Waals surface area contributed by atoms with Crippen molar-refractivity contribution in [3.8, 4) is 17.1 Å². The number of para-hydroxylation sites is 1. The molecule has 1 unspecified atom stereocenters. The van der Waals surface area contributed by atoms with Crippen LogP contribution in [0, 0.1) is 0 Å². The zero-order chi connectivity index (χ0) is 35.4. The molecule has 10 aromatic rings. The summed E-state index contributed by atoms with van der Waals surface area (Å²) in [5.41, 5.74) is 8.01. The van der Waals surface area contributed by atoms with Crippen LogP contribution in [0.4, 0.5) is 0 Å². The molecule has 0 bridgehead atoms. The topological polar surface area (TPSA) is 49.0 Å². The highest BCUT2D eigenvalue weighted by atomic mass is 32.1. The van der Waals surface area contributed by atoms with Crippen molar-refractivity contribution in [1.82, 2.24) is 14.1 Å². The minimum Gasteiger partial charge on any atom is -0.429 e. The van der Waals surface area contributed by atoms with Gasteiger partial charge in [-0.2, -0.15) is 0 Å². The maximum atomic E-state index is 6.98. The van der Waals surface area contributed by atoms with Gasteiger partial charge in [-0.05, 0) is 43.2 Å². The number of nitrogens with zero attached hydrogens (tertiary/aromatic N) is 3. The molecule has 5 aromatic heterocycles. The monoisotopic (exact) mass is 720 g/mol. The molecule has 0 spiro atoms. The predicted octanol–water partition coefficient (Wildman–Crippen LogP) is 10.4. The summed E-state index contributed by atoms with van der Waals surface area (Å²) in [6, 6.07) is 46.7. The first-order valence-electron chi connectivity index (χ1n) is 18.0. The Balaban J connectivity index is 1.18. The number of aryl methyl sites for hydroxylation is 1. The van der Waals surface area contributed by atoms with Gasteiger partial charge in [-0.25, -0.2) is 4.98 Å². The zero-order valence-electron chi connectivity index (χ0n) is 29.5. The van der Waals surface area contributed by atoms with E-state index in [9.17, 15) is 0 Å². The summed E-state index contributed by atoms with van der Waals surface area (Å²) in [5.74, 6) is 2.33. The van der Waals surface area contributed by atoms with Crippen LogP contribution in [0.5, 0.6) is 0 Å². The largest absolute Gasteiger partial charge is 0.429 e. The molecule has 1 aliphatic carbocycles. The number of benzene rings is 5. The van der Waals surface area contributed by atoms with E-state index in [1.54, 1.807) is 11.3 Å². The number of imidazole rings is 1. The number of thiophene rings is 1. The minimum atomic E-state index is -1.41. The van der Waals surface area contributed by atoms with Crippen molar-refractivity contribution in [2.75, 3.05) is 0 Å². The molecule has 11 rings (SSSR count). The lowest BCUT2D eigenvalue weighted by molar-refractivity contribution is 0.392. The van der Waals surface area contributed by atoms with Gasteiger partial charge in [0.2, 0.25) is 5.88 Å². The first-order chi connectivity index (χ1) is 26.0. The molecule has 0 amide bonds. The van der Waals surface area contributed by atoms with E-state index in [2.05, 4.69) is 157 Å². The summed E-state index contributed by atoms with van der Waals surface area (Å²) in [5, 5.41) is 9.60. The molecule has 0 N–H and O–H groups in total. The third-order valence-electron chi connectivity index (χ3n) is 11.2. The first-order valence-corrected chi connectivity index (χ1v) is 20.5. The second kappa shape index (κ2) is 11.3. The number of rotatable bonds is 5. The summed E-state index contributed by atoms with van der Waals surface area (Å²) < 4.78 is 19.4. The Morgan fingerprint density at radius 3 is 2.19 bits per heavy atom. The molecule has 7 heteroatoms. The standard InChI is InChI=1S/C46H34N3O2SSi/c1-46(2)36-20-12-10-19-31(36)43(53(28-14-6-4-7-15-28)29-16-8-5-9-17-29)42-34-24-41(50-45(34)51-44(42)46)49-38-21-13-11-18-30(38)32-23-40-33(22-39(32)49)35(26-52-40)37-25-48(3)27-47-37/h4-27,43H,1-3H3. The van der Waals surface area contributed by atoms with E-state index in [4.69, 9.17) is 13.8 Å². The lowest BCUT2D eigenvalue weighted by atomic mass is 9.72. The van der Waals surface area contributed by atoms with Crippen LogP contribution in [0.25, 0.3) is 60.2 Å². The van der Waals surface area contributed by atoms with Crippen LogP contribution in [-0.2, 0) is 12.5 Å². The Morgan fingerprint density at radius 1 is 0.717 bits per heavy atom. The fraction of sp³-hybridized carbons (Fsp3) is 0.109. The third-order valence-corrected chi connectivity index (χ3v) is 15.3. The minimum absolute atomic E-state index is 0.0974. The normalized spacial score (nSPS) is 15.2. The van der Waals surface area contributed by atoms with Gasteiger partial charge in [0.25, 0.3) is 5.78 Å². The number of furan rings is 2. The Hall–Kier alpha value is -5.89. The molecule has 1 radical (unpaired) electrons. The fourth-order valence-electron chi connectivity index (χ4n) is 8.86. The van der Waals surface area contributed by atoms with Gasteiger partial charge in [-0.15, -0.1) is 11.3 Å². The van der Waals surface area contributed by atoms with Crippen LogP contribution in [0.2, 0.25) is 0 Å². The summed E-state index contributed by atoms with van der Waals surface area (Å²) in [4.78, 5) is 4.70. The quantitative estimate of drug-likeness (QED) is 0.166. The van der Waals surface area contributed by atoms with Crippen molar-refractivity contribution < 1.29 is 8.83 Å². The summed E-state index contributed by atoms with van der Waals surface area (Å²) in [7, 11) is 0.606. The van der Waals surface area contributed by atoms with Crippen LogP contribution >= 0.6 is 11.3 Å². The third kappa shape index (κ3) is 4.44. The second-order valence-electron chi connectivity index (χ2n) is 14.7. The van der Waals surface area contributed by atoms with E-state index in [0.29, 0.717) is 5.78 Å². The fourth-order valence-corrected chi connectivity index (χ4v) is 13.1. The average Bonchev–Trinajstić information content (AvgIpc) is 4.01. The van der Waals surface area contributed by atoms with Gasteiger partial charge < -0.3 is 13.4 Å². The summed E-state index contributed by atoms with van der Waals surface area (Å²) in [6.07, 6.45) is 3.95. The van der Waals surface area contributed by atoms with E-state index < -0.39 is 8.80 Å². The van der Waals surface area contributed by atoms with Gasteiger partial charge in [0.15, 0.2) is 0 Å². The van der Waals surface area contributed by atoms with Gasteiger partial charge >= 0.3 is 0 Å². The van der Waals surface area contributed by atoms with Crippen molar-refractivity contribution in [3.63, 3.8) is 0 Å². The van der Waals surface area contributed by atoms with Crippen LogP contribution in [0.3, 0.4) is 0 Å². The molecule has 53 heavy (non-hydrogen) atoms. The highest BCUT2D eigenvalue weighted by Gasteiger charge is 2.46. The van der Waals surface area contributed by atoms with E-state index in [1.807, 2.05) is 17.9 Å². The van der Waals surface area contributed by atoms with Crippen molar-refractivity contribution in [2.45, 2.75) is 24.8 Å². The summed E-state index contributed by atoms with van der Waals surface area (Å²) in [6.45, 7) is 4.58. The maximum absolute atomic E-state index is 6.98. The molecular weight excluding hydrogens is 687 g/mol. The van der Waals surface area contributed by atoms with Crippen LogP contribution in [0.15, 0.2) is 154 Å². The van der Waals surface area contributed by atoms with Crippen molar-refractivity contribution in [1.29, 1.82) is 0 Å². The van der Waals surface area contributed by atoms with Gasteiger partial charge in [0.05, 0.1) is 28.4 Å². The Morgan fingerprint density at radius 2 is 1.43 bits per heavy atom. The van der Waals surface area contributed by atoms with Gasteiger partial charge in [-0.1, -0.05) is 114 Å². The molecule has 0 fully saturated rings.